The van der Waals surface area contributed by atoms with E-state index in [1.165, 1.54) is 0 Å². The molecule has 0 saturated carbocycles. The topological polar surface area (TPSA) is 71.1 Å². The zero-order chi connectivity index (χ0) is 15.1. The molecule has 0 aliphatic rings. The lowest BCUT2D eigenvalue weighted by molar-refractivity contribution is -0.139. The molecule has 0 atom stereocenters. The van der Waals surface area contributed by atoms with Crippen LogP contribution in [0.25, 0.3) is 0 Å². The first-order valence-corrected chi connectivity index (χ1v) is 6.66. The summed E-state index contributed by atoms with van der Waals surface area (Å²) in [5, 5.41) is 5.11. The van der Waals surface area contributed by atoms with E-state index >= 15 is 0 Å². The van der Waals surface area contributed by atoms with Gasteiger partial charge in [0.2, 0.25) is 0 Å². The van der Waals surface area contributed by atoms with Crippen LogP contribution in [0.4, 0.5) is 0 Å². The second kappa shape index (κ2) is 7.19. The van der Waals surface area contributed by atoms with Gasteiger partial charge in [-0.3, -0.25) is 14.6 Å². The molecule has 2 aromatic rings. The molecule has 108 valence electrons. The highest BCUT2D eigenvalue weighted by molar-refractivity contribution is 6.35. The molecule has 0 spiro atoms. The average molecular weight is 283 g/mol. The zero-order valence-electron chi connectivity index (χ0n) is 11.8. The number of rotatable bonds is 4. The van der Waals surface area contributed by atoms with E-state index in [0.29, 0.717) is 12.2 Å². The summed E-state index contributed by atoms with van der Waals surface area (Å²) in [6.45, 7) is 2.56. The van der Waals surface area contributed by atoms with Gasteiger partial charge in [-0.1, -0.05) is 35.9 Å². The van der Waals surface area contributed by atoms with Crippen LogP contribution >= 0.6 is 0 Å². The second-order valence-corrected chi connectivity index (χ2v) is 4.67. The number of amides is 2. The number of nitrogens with one attached hydrogen (secondary N) is 2. The molecule has 0 radical (unpaired) electrons. The Balaban J connectivity index is 1.77. The smallest absolute Gasteiger partial charge is 0.309 e. The van der Waals surface area contributed by atoms with Gasteiger partial charge >= 0.3 is 11.8 Å². The van der Waals surface area contributed by atoms with Crippen molar-refractivity contribution in [3.8, 4) is 0 Å². The predicted molar refractivity (Wildman–Crippen MR) is 79.1 cm³/mol. The first-order valence-electron chi connectivity index (χ1n) is 6.66. The minimum absolute atomic E-state index is 0.234. The Labute approximate surface area is 123 Å². The van der Waals surface area contributed by atoms with E-state index < -0.39 is 11.8 Å². The number of nitrogens with zero attached hydrogens (tertiary/aromatic N) is 1. The van der Waals surface area contributed by atoms with Gasteiger partial charge in [0.1, 0.15) is 0 Å². The van der Waals surface area contributed by atoms with E-state index in [4.69, 9.17) is 0 Å². The third-order valence-electron chi connectivity index (χ3n) is 2.94. The number of aromatic nitrogens is 1. The Hall–Kier alpha value is -2.69. The van der Waals surface area contributed by atoms with Gasteiger partial charge in [-0.25, -0.2) is 0 Å². The molecule has 21 heavy (non-hydrogen) atoms. The number of hydrogen-bond acceptors (Lipinski definition) is 3. The molecule has 5 heteroatoms. The van der Waals surface area contributed by atoms with Crippen LogP contribution in [0.5, 0.6) is 0 Å². The molecular formula is C16H17N3O2. The maximum atomic E-state index is 11.7. The number of benzene rings is 1. The van der Waals surface area contributed by atoms with Gasteiger partial charge in [0.15, 0.2) is 0 Å². The molecule has 2 N–H and O–H groups in total. The van der Waals surface area contributed by atoms with Crippen molar-refractivity contribution in [2.45, 2.75) is 20.0 Å². The van der Waals surface area contributed by atoms with E-state index in [1.807, 2.05) is 37.3 Å². The summed E-state index contributed by atoms with van der Waals surface area (Å²) in [6.07, 6.45) is 1.64. The summed E-state index contributed by atoms with van der Waals surface area (Å²) < 4.78 is 0. The van der Waals surface area contributed by atoms with E-state index in [1.54, 1.807) is 18.3 Å². The summed E-state index contributed by atoms with van der Waals surface area (Å²) in [5.41, 5.74) is 2.81. The van der Waals surface area contributed by atoms with E-state index in [-0.39, 0.29) is 6.54 Å². The third kappa shape index (κ3) is 4.72. The molecular weight excluding hydrogens is 266 g/mol. The summed E-state index contributed by atoms with van der Waals surface area (Å²) in [4.78, 5) is 27.4. The number of hydrogen-bond donors (Lipinski definition) is 2. The Morgan fingerprint density at radius 1 is 0.952 bits per heavy atom. The zero-order valence-corrected chi connectivity index (χ0v) is 11.8. The molecule has 0 bridgehead atoms. The minimum atomic E-state index is -0.659. The Bertz CT molecular complexity index is 609. The molecule has 1 aromatic carbocycles. The predicted octanol–water partition coefficient (Wildman–Crippen LogP) is 1.32. The first kappa shape index (κ1) is 14.7. The third-order valence-corrected chi connectivity index (χ3v) is 2.94. The highest BCUT2D eigenvalue weighted by Gasteiger charge is 2.12. The van der Waals surface area contributed by atoms with Crippen molar-refractivity contribution in [2.24, 2.45) is 0 Å². The summed E-state index contributed by atoms with van der Waals surface area (Å²) >= 11 is 0. The second-order valence-electron chi connectivity index (χ2n) is 4.67. The van der Waals surface area contributed by atoms with Gasteiger partial charge < -0.3 is 10.6 Å². The summed E-state index contributed by atoms with van der Waals surface area (Å²) in [5.74, 6) is -1.31. The van der Waals surface area contributed by atoms with Crippen molar-refractivity contribution in [2.75, 3.05) is 0 Å². The molecule has 1 aromatic heterocycles. The Morgan fingerprint density at radius 2 is 1.62 bits per heavy atom. The number of pyridine rings is 1. The standard InChI is InChI=1S/C16H17N3O2/c1-12-5-7-13(8-6-12)10-18-15(20)16(21)19-11-14-4-2-3-9-17-14/h2-9H,10-11H2,1H3,(H,18,20)(H,19,21). The molecule has 5 nitrogen and oxygen atoms in total. The Morgan fingerprint density at radius 3 is 2.24 bits per heavy atom. The van der Waals surface area contributed by atoms with E-state index in [9.17, 15) is 9.59 Å². The quantitative estimate of drug-likeness (QED) is 0.831. The van der Waals surface area contributed by atoms with Crippen LogP contribution in [0, 0.1) is 6.92 Å². The fourth-order valence-corrected chi connectivity index (χ4v) is 1.72. The van der Waals surface area contributed by atoms with Crippen molar-refractivity contribution >= 4 is 11.8 Å². The van der Waals surface area contributed by atoms with Crippen LogP contribution in [0.1, 0.15) is 16.8 Å². The lowest BCUT2D eigenvalue weighted by Crippen LogP contribution is -2.39. The monoisotopic (exact) mass is 283 g/mol. The van der Waals surface area contributed by atoms with Crippen molar-refractivity contribution in [3.63, 3.8) is 0 Å². The van der Waals surface area contributed by atoms with Crippen LogP contribution < -0.4 is 10.6 Å². The van der Waals surface area contributed by atoms with E-state index in [0.717, 1.165) is 11.1 Å². The maximum absolute atomic E-state index is 11.7. The van der Waals surface area contributed by atoms with Gasteiger partial charge in [0.05, 0.1) is 12.2 Å². The fraction of sp³-hybridized carbons (Fsp3) is 0.188. The lowest BCUT2D eigenvalue weighted by atomic mass is 10.1. The largest absolute Gasteiger partial charge is 0.344 e. The van der Waals surface area contributed by atoms with Crippen LogP contribution in [-0.4, -0.2) is 16.8 Å². The van der Waals surface area contributed by atoms with Crippen LogP contribution in [0.2, 0.25) is 0 Å². The SMILES string of the molecule is Cc1ccc(CNC(=O)C(=O)NCc2ccccn2)cc1. The highest BCUT2D eigenvalue weighted by atomic mass is 16.2. The molecule has 0 unspecified atom stereocenters. The average Bonchev–Trinajstić information content (AvgIpc) is 2.52. The molecule has 0 aliphatic heterocycles. The normalized spacial score (nSPS) is 9.95. The fourth-order valence-electron chi connectivity index (χ4n) is 1.72. The number of aryl methyl sites for hydroxylation is 1. The van der Waals surface area contributed by atoms with Gasteiger partial charge in [-0.05, 0) is 24.6 Å². The molecule has 2 rings (SSSR count). The lowest BCUT2D eigenvalue weighted by Gasteiger charge is -2.06. The van der Waals surface area contributed by atoms with Crippen molar-refractivity contribution in [1.82, 2.24) is 15.6 Å². The van der Waals surface area contributed by atoms with Crippen LogP contribution in [0.15, 0.2) is 48.7 Å². The number of carbonyl (C=O) groups excluding carboxylic acids is 2. The molecule has 0 aliphatic carbocycles. The Kier molecular flexibility index (Phi) is 5.04. The molecule has 1 heterocycles. The van der Waals surface area contributed by atoms with Crippen LogP contribution in [-0.2, 0) is 22.7 Å². The number of carbonyl (C=O) groups is 2. The van der Waals surface area contributed by atoms with E-state index in [2.05, 4.69) is 15.6 Å². The molecule has 0 fully saturated rings. The maximum Gasteiger partial charge on any atom is 0.309 e. The van der Waals surface area contributed by atoms with Crippen molar-refractivity contribution < 1.29 is 9.59 Å². The van der Waals surface area contributed by atoms with Crippen molar-refractivity contribution in [3.05, 3.63) is 65.5 Å². The minimum Gasteiger partial charge on any atom is -0.344 e. The highest BCUT2D eigenvalue weighted by Crippen LogP contribution is 2.02. The van der Waals surface area contributed by atoms with Gasteiger partial charge in [-0.15, -0.1) is 0 Å². The van der Waals surface area contributed by atoms with Gasteiger partial charge in [-0.2, -0.15) is 0 Å². The first-order chi connectivity index (χ1) is 10.1. The summed E-state index contributed by atoms with van der Waals surface area (Å²) in [6, 6.07) is 13.2. The molecule has 0 saturated heterocycles. The summed E-state index contributed by atoms with van der Waals surface area (Å²) in [7, 11) is 0. The van der Waals surface area contributed by atoms with Crippen LogP contribution in [0.3, 0.4) is 0 Å². The van der Waals surface area contributed by atoms with Gasteiger partial charge in [0, 0.05) is 12.7 Å². The molecule has 2 amide bonds. The van der Waals surface area contributed by atoms with Gasteiger partial charge in [0.25, 0.3) is 0 Å². The van der Waals surface area contributed by atoms with Crippen molar-refractivity contribution in [1.29, 1.82) is 0 Å².